The number of aromatic nitrogens is 2. The predicted molar refractivity (Wildman–Crippen MR) is 60.1 cm³/mol. The topological polar surface area (TPSA) is 64.3 Å². The van der Waals surface area contributed by atoms with Gasteiger partial charge in [-0.25, -0.2) is 9.78 Å². The molecule has 0 atom stereocenters. The third-order valence-electron chi connectivity index (χ3n) is 2.80. The quantitative estimate of drug-likeness (QED) is 0.808. The van der Waals surface area contributed by atoms with Crippen molar-refractivity contribution in [3.63, 3.8) is 0 Å². The van der Waals surface area contributed by atoms with E-state index < -0.39 is 5.97 Å². The fraction of sp³-hybridized carbons (Fsp3) is 0.167. The van der Waals surface area contributed by atoms with Crippen LogP contribution < -0.4 is 4.74 Å². The van der Waals surface area contributed by atoms with Crippen LogP contribution in [0.2, 0.25) is 0 Å². The maximum Gasteiger partial charge on any atom is 0.335 e. The van der Waals surface area contributed by atoms with E-state index in [1.165, 1.54) is 0 Å². The number of rotatable bonds is 1. The van der Waals surface area contributed by atoms with Crippen LogP contribution in [0.4, 0.5) is 0 Å². The minimum atomic E-state index is -0.942. The van der Waals surface area contributed by atoms with Crippen LogP contribution in [-0.2, 0) is 6.54 Å². The van der Waals surface area contributed by atoms with E-state index in [4.69, 9.17) is 9.84 Å². The number of imidazole rings is 1. The van der Waals surface area contributed by atoms with Gasteiger partial charge in [-0.05, 0) is 18.2 Å². The smallest absolute Gasteiger partial charge is 0.335 e. The summed E-state index contributed by atoms with van der Waals surface area (Å²) >= 11 is 0. The molecular weight excluding hydrogens is 220 g/mol. The average Bonchev–Trinajstić information content (AvgIpc) is 2.71. The SMILES string of the molecule is O=C(O)c1ccc2c(c1)-c1cncn1CCO2. The van der Waals surface area contributed by atoms with Crippen LogP contribution in [-0.4, -0.2) is 27.2 Å². The number of carboxylic acids is 1. The van der Waals surface area contributed by atoms with Gasteiger partial charge in [-0.2, -0.15) is 0 Å². The van der Waals surface area contributed by atoms with Crippen LogP contribution in [0.5, 0.6) is 5.75 Å². The zero-order valence-corrected chi connectivity index (χ0v) is 8.96. The first-order valence-electron chi connectivity index (χ1n) is 5.26. The molecule has 1 aliphatic rings. The van der Waals surface area contributed by atoms with Crippen LogP contribution in [0.15, 0.2) is 30.7 Å². The zero-order chi connectivity index (χ0) is 11.8. The number of hydrogen-bond donors (Lipinski definition) is 1. The summed E-state index contributed by atoms with van der Waals surface area (Å²) in [5, 5.41) is 8.99. The Morgan fingerprint density at radius 2 is 2.35 bits per heavy atom. The molecular formula is C12H10N2O3. The number of aromatic carboxylic acids is 1. The van der Waals surface area contributed by atoms with Gasteiger partial charge in [0.15, 0.2) is 0 Å². The van der Waals surface area contributed by atoms with Crippen molar-refractivity contribution in [1.29, 1.82) is 0 Å². The first-order chi connectivity index (χ1) is 8.25. The molecule has 1 aromatic carbocycles. The van der Waals surface area contributed by atoms with Crippen LogP contribution >= 0.6 is 0 Å². The Balaban J connectivity index is 2.22. The third kappa shape index (κ3) is 1.56. The van der Waals surface area contributed by atoms with Gasteiger partial charge in [0.25, 0.3) is 0 Å². The van der Waals surface area contributed by atoms with Crippen LogP contribution in [0, 0.1) is 0 Å². The molecule has 0 spiro atoms. The molecule has 86 valence electrons. The van der Waals surface area contributed by atoms with Crippen molar-refractivity contribution in [3.05, 3.63) is 36.3 Å². The van der Waals surface area contributed by atoms with Crippen molar-refractivity contribution in [2.75, 3.05) is 6.61 Å². The van der Waals surface area contributed by atoms with E-state index in [0.717, 1.165) is 11.3 Å². The molecule has 2 heterocycles. The molecule has 2 aromatic rings. The van der Waals surface area contributed by atoms with Gasteiger partial charge >= 0.3 is 5.97 Å². The van der Waals surface area contributed by atoms with Crippen molar-refractivity contribution >= 4 is 5.97 Å². The highest BCUT2D eigenvalue weighted by atomic mass is 16.5. The molecule has 5 nitrogen and oxygen atoms in total. The second kappa shape index (κ2) is 3.62. The fourth-order valence-corrected chi connectivity index (χ4v) is 1.97. The summed E-state index contributed by atoms with van der Waals surface area (Å²) in [5.74, 6) is -0.239. The number of nitrogens with zero attached hydrogens (tertiary/aromatic N) is 2. The first kappa shape index (κ1) is 9.89. The summed E-state index contributed by atoms with van der Waals surface area (Å²) < 4.78 is 7.54. The number of carboxylic acid groups (broad SMARTS) is 1. The molecule has 1 aliphatic heterocycles. The predicted octanol–water partition coefficient (Wildman–Crippen LogP) is 1.64. The second-order valence-electron chi connectivity index (χ2n) is 3.84. The van der Waals surface area contributed by atoms with Crippen molar-refractivity contribution in [1.82, 2.24) is 9.55 Å². The minimum absolute atomic E-state index is 0.252. The van der Waals surface area contributed by atoms with E-state index in [1.807, 2.05) is 4.57 Å². The lowest BCUT2D eigenvalue weighted by Crippen LogP contribution is -2.04. The molecule has 0 amide bonds. The molecule has 3 rings (SSSR count). The highest BCUT2D eigenvalue weighted by Crippen LogP contribution is 2.32. The molecule has 0 unspecified atom stereocenters. The van der Waals surface area contributed by atoms with E-state index in [2.05, 4.69) is 4.98 Å². The Kier molecular flexibility index (Phi) is 2.11. The van der Waals surface area contributed by atoms with Crippen molar-refractivity contribution in [2.45, 2.75) is 6.54 Å². The fourth-order valence-electron chi connectivity index (χ4n) is 1.97. The van der Waals surface area contributed by atoms with Crippen LogP contribution in [0.25, 0.3) is 11.3 Å². The second-order valence-corrected chi connectivity index (χ2v) is 3.84. The summed E-state index contributed by atoms with van der Waals surface area (Å²) in [5.41, 5.74) is 1.92. The molecule has 0 radical (unpaired) electrons. The zero-order valence-electron chi connectivity index (χ0n) is 8.96. The Bertz CT molecular complexity index is 589. The minimum Gasteiger partial charge on any atom is -0.491 e. The Labute approximate surface area is 97.3 Å². The molecule has 1 aromatic heterocycles. The molecule has 0 saturated carbocycles. The van der Waals surface area contributed by atoms with Gasteiger partial charge in [-0.1, -0.05) is 0 Å². The number of ether oxygens (including phenoxy) is 1. The lowest BCUT2D eigenvalue weighted by molar-refractivity contribution is 0.0697. The highest BCUT2D eigenvalue weighted by Gasteiger charge is 2.17. The first-order valence-corrected chi connectivity index (χ1v) is 5.26. The van der Waals surface area contributed by atoms with E-state index in [9.17, 15) is 4.79 Å². The Hall–Kier alpha value is -2.30. The lowest BCUT2D eigenvalue weighted by Gasteiger charge is -2.07. The lowest BCUT2D eigenvalue weighted by atomic mass is 10.1. The molecule has 0 aliphatic carbocycles. The molecule has 0 saturated heterocycles. The number of fused-ring (bicyclic) bond motifs is 3. The van der Waals surface area contributed by atoms with Crippen LogP contribution in [0.3, 0.4) is 0 Å². The van der Waals surface area contributed by atoms with E-state index >= 15 is 0 Å². The normalized spacial score (nSPS) is 13.2. The van der Waals surface area contributed by atoms with Gasteiger partial charge in [-0.3, -0.25) is 0 Å². The van der Waals surface area contributed by atoms with E-state index in [-0.39, 0.29) is 5.56 Å². The van der Waals surface area contributed by atoms with Gasteiger partial charge in [0.1, 0.15) is 12.4 Å². The van der Waals surface area contributed by atoms with Crippen LogP contribution in [0.1, 0.15) is 10.4 Å². The van der Waals surface area contributed by atoms with Gasteiger partial charge in [0, 0.05) is 5.56 Å². The maximum absolute atomic E-state index is 11.0. The standard InChI is InChI=1S/C12H10N2O3/c15-12(16)8-1-2-11-9(5-8)10-6-13-7-14(10)3-4-17-11/h1-2,5-7H,3-4H2,(H,15,16). The van der Waals surface area contributed by atoms with Gasteiger partial charge in [-0.15, -0.1) is 0 Å². The van der Waals surface area contributed by atoms with Crippen molar-refractivity contribution in [2.24, 2.45) is 0 Å². The van der Waals surface area contributed by atoms with Crippen molar-refractivity contribution < 1.29 is 14.6 Å². The molecule has 1 N–H and O–H groups in total. The molecule has 0 bridgehead atoms. The van der Waals surface area contributed by atoms with Gasteiger partial charge in [0.2, 0.25) is 0 Å². The molecule has 0 fully saturated rings. The molecule has 5 heteroatoms. The number of carbonyl (C=O) groups is 1. The average molecular weight is 230 g/mol. The number of hydrogen-bond acceptors (Lipinski definition) is 3. The summed E-state index contributed by atoms with van der Waals surface area (Å²) in [6.07, 6.45) is 3.44. The number of benzene rings is 1. The summed E-state index contributed by atoms with van der Waals surface area (Å²) in [6, 6.07) is 4.87. The highest BCUT2D eigenvalue weighted by molar-refractivity contribution is 5.90. The van der Waals surface area contributed by atoms with Gasteiger partial charge in [0.05, 0.1) is 30.3 Å². The van der Waals surface area contributed by atoms with Gasteiger partial charge < -0.3 is 14.4 Å². The summed E-state index contributed by atoms with van der Waals surface area (Å²) in [6.45, 7) is 1.27. The maximum atomic E-state index is 11.0. The summed E-state index contributed by atoms with van der Waals surface area (Å²) in [4.78, 5) is 15.0. The van der Waals surface area contributed by atoms with E-state index in [0.29, 0.717) is 18.9 Å². The van der Waals surface area contributed by atoms with E-state index in [1.54, 1.807) is 30.7 Å². The summed E-state index contributed by atoms with van der Waals surface area (Å²) in [7, 11) is 0. The monoisotopic (exact) mass is 230 g/mol. The Morgan fingerprint density at radius 3 is 3.18 bits per heavy atom. The Morgan fingerprint density at radius 1 is 1.47 bits per heavy atom. The molecule has 17 heavy (non-hydrogen) atoms. The third-order valence-corrected chi connectivity index (χ3v) is 2.80. The largest absolute Gasteiger partial charge is 0.491 e. The van der Waals surface area contributed by atoms with Crippen molar-refractivity contribution in [3.8, 4) is 17.0 Å².